The fraction of sp³-hybridized carbons (Fsp3) is 0.594. The summed E-state index contributed by atoms with van der Waals surface area (Å²) in [5.41, 5.74) is 8.69. The zero-order valence-electron chi connectivity index (χ0n) is 23.0. The Balaban J connectivity index is 1.63. The number of hydrogen-bond donors (Lipinski definition) is 1. The molecule has 0 spiro atoms. The summed E-state index contributed by atoms with van der Waals surface area (Å²) in [6.45, 7) is 14.3. The van der Waals surface area contributed by atoms with Crippen LogP contribution in [0.15, 0.2) is 24.3 Å². The van der Waals surface area contributed by atoms with E-state index in [1.165, 1.54) is 54.4 Å². The minimum absolute atomic E-state index is 0.569. The molecule has 3 aliphatic rings. The highest BCUT2D eigenvalue weighted by Crippen LogP contribution is 2.47. The van der Waals surface area contributed by atoms with E-state index >= 15 is 0 Å². The average molecular weight is 490 g/mol. The van der Waals surface area contributed by atoms with Crippen molar-refractivity contribution in [2.75, 3.05) is 6.54 Å². The van der Waals surface area contributed by atoms with Crippen molar-refractivity contribution in [3.63, 3.8) is 0 Å². The molecule has 1 N–H and O–H groups in total. The lowest BCUT2D eigenvalue weighted by molar-refractivity contribution is -0.160. The Morgan fingerprint density at radius 3 is 2.36 bits per heavy atom. The van der Waals surface area contributed by atoms with Crippen LogP contribution in [0.2, 0.25) is 0 Å². The van der Waals surface area contributed by atoms with Gasteiger partial charge in [0.1, 0.15) is 0 Å². The van der Waals surface area contributed by atoms with Gasteiger partial charge < -0.3 is 9.84 Å². The highest BCUT2D eigenvalue weighted by atomic mass is 16.5. The zero-order valence-corrected chi connectivity index (χ0v) is 23.0. The van der Waals surface area contributed by atoms with Gasteiger partial charge in [-0.15, -0.1) is 0 Å². The van der Waals surface area contributed by atoms with Crippen LogP contribution >= 0.6 is 0 Å². The van der Waals surface area contributed by atoms with E-state index in [2.05, 4.69) is 49.9 Å². The number of aryl methyl sites for hydroxylation is 1. The van der Waals surface area contributed by atoms with E-state index in [0.29, 0.717) is 6.04 Å². The van der Waals surface area contributed by atoms with Crippen molar-refractivity contribution >= 4 is 5.97 Å². The number of carboxylic acid groups (broad SMARTS) is 1. The molecule has 0 radical (unpaired) electrons. The Morgan fingerprint density at radius 2 is 1.69 bits per heavy atom. The zero-order chi connectivity index (χ0) is 25.8. The summed E-state index contributed by atoms with van der Waals surface area (Å²) < 4.78 is 6.24. The van der Waals surface area contributed by atoms with Crippen LogP contribution in [0.25, 0.3) is 11.1 Å². The molecule has 4 heteroatoms. The first-order chi connectivity index (χ1) is 17.0. The summed E-state index contributed by atoms with van der Waals surface area (Å²) in [5, 5.41) is 10.4. The monoisotopic (exact) mass is 489 g/mol. The third-order valence-corrected chi connectivity index (χ3v) is 9.09. The number of aliphatic carboxylic acids is 1. The lowest BCUT2D eigenvalue weighted by Crippen LogP contribution is -2.45. The maximum absolute atomic E-state index is 12.6. The lowest BCUT2D eigenvalue weighted by Gasteiger charge is -2.42. The van der Waals surface area contributed by atoms with E-state index in [-0.39, 0.29) is 0 Å². The van der Waals surface area contributed by atoms with Gasteiger partial charge in [-0.25, -0.2) is 4.79 Å². The van der Waals surface area contributed by atoms with Gasteiger partial charge in [-0.05, 0) is 119 Å². The summed E-state index contributed by atoms with van der Waals surface area (Å²) in [7, 11) is 0. The van der Waals surface area contributed by atoms with Crippen molar-refractivity contribution in [1.82, 2.24) is 4.90 Å². The van der Waals surface area contributed by atoms with Crippen LogP contribution in [0, 0.1) is 32.6 Å². The van der Waals surface area contributed by atoms with Gasteiger partial charge in [0.2, 0.25) is 0 Å². The van der Waals surface area contributed by atoms with Gasteiger partial charge in [-0.2, -0.15) is 0 Å². The first-order valence-electron chi connectivity index (χ1n) is 13.9. The molecule has 2 aromatic rings. The molecule has 4 atom stereocenters. The van der Waals surface area contributed by atoms with E-state index in [1.807, 2.05) is 20.8 Å². The second kappa shape index (κ2) is 9.61. The van der Waals surface area contributed by atoms with Gasteiger partial charge in [0.25, 0.3) is 0 Å². The second-order valence-electron chi connectivity index (χ2n) is 12.6. The van der Waals surface area contributed by atoms with Crippen LogP contribution in [0.1, 0.15) is 92.4 Å². The molecule has 0 aromatic heterocycles. The van der Waals surface area contributed by atoms with Gasteiger partial charge in [0.15, 0.2) is 6.10 Å². The van der Waals surface area contributed by atoms with Crippen LogP contribution in [0.5, 0.6) is 0 Å². The molecule has 2 bridgehead atoms. The van der Waals surface area contributed by atoms with Crippen LogP contribution in [-0.4, -0.2) is 34.2 Å². The minimum Gasteiger partial charge on any atom is -0.479 e. The molecule has 3 unspecified atom stereocenters. The van der Waals surface area contributed by atoms with Crippen molar-refractivity contribution in [2.24, 2.45) is 11.8 Å². The molecule has 0 saturated heterocycles. The van der Waals surface area contributed by atoms with Gasteiger partial charge >= 0.3 is 5.97 Å². The van der Waals surface area contributed by atoms with E-state index in [1.54, 1.807) is 0 Å². The molecule has 5 rings (SSSR count). The Hall–Kier alpha value is -2.17. The van der Waals surface area contributed by atoms with Gasteiger partial charge in [-0.3, -0.25) is 4.90 Å². The largest absolute Gasteiger partial charge is 0.479 e. The van der Waals surface area contributed by atoms with Gasteiger partial charge in [-0.1, -0.05) is 36.2 Å². The number of ether oxygens (including phenoxy) is 1. The van der Waals surface area contributed by atoms with Gasteiger partial charge in [0, 0.05) is 24.7 Å². The minimum atomic E-state index is -1.00. The number of nitrogens with zero attached hydrogens (tertiary/aromatic N) is 1. The van der Waals surface area contributed by atoms with Crippen molar-refractivity contribution < 1.29 is 14.6 Å². The molecule has 2 aliphatic carbocycles. The fourth-order valence-corrected chi connectivity index (χ4v) is 7.38. The lowest BCUT2D eigenvalue weighted by atomic mass is 9.78. The topological polar surface area (TPSA) is 49.8 Å². The molecule has 1 heterocycles. The standard InChI is InChI=1S/C32H43NO3/c1-19-7-11-23(12-8-19)28-21(3)26-18-33(27-14-10-22-9-13-24(27)17-22)16-15-25(26)20(2)29(28)30(31(34)35)36-32(4,5)6/h7-8,11-12,22,24,27,30H,9-10,13-18H2,1-6H3,(H,34,35)/t22?,24?,27?,30-/m0/s1. The van der Waals surface area contributed by atoms with E-state index in [4.69, 9.17) is 4.74 Å². The predicted octanol–water partition coefficient (Wildman–Crippen LogP) is 7.16. The first-order valence-corrected chi connectivity index (χ1v) is 13.9. The van der Waals surface area contributed by atoms with Crippen LogP contribution in [0.3, 0.4) is 0 Å². The quantitative estimate of drug-likeness (QED) is 0.484. The summed E-state index contributed by atoms with van der Waals surface area (Å²) in [6.07, 6.45) is 6.95. The van der Waals surface area contributed by atoms with Crippen molar-refractivity contribution in [1.29, 1.82) is 0 Å². The Kier molecular flexibility index (Phi) is 6.80. The normalized spacial score (nSPS) is 25.0. The third-order valence-electron chi connectivity index (χ3n) is 9.09. The Morgan fingerprint density at radius 1 is 1.00 bits per heavy atom. The third kappa shape index (κ3) is 4.75. The number of carbonyl (C=O) groups is 1. The Labute approximate surface area is 217 Å². The van der Waals surface area contributed by atoms with Gasteiger partial charge in [0.05, 0.1) is 5.60 Å². The molecule has 36 heavy (non-hydrogen) atoms. The van der Waals surface area contributed by atoms with E-state index in [0.717, 1.165) is 53.6 Å². The predicted molar refractivity (Wildman–Crippen MR) is 145 cm³/mol. The molecule has 2 saturated carbocycles. The molecule has 2 fully saturated rings. The number of carboxylic acids is 1. The Bertz CT molecular complexity index is 1140. The SMILES string of the molecule is Cc1ccc(-c2c(C)c3c(c(C)c2[C@H](OC(C)(C)C)C(=O)O)CCN(C2CCC4CCC2C4)C3)cc1. The highest BCUT2D eigenvalue weighted by Gasteiger charge is 2.40. The van der Waals surface area contributed by atoms with E-state index < -0.39 is 17.7 Å². The molecule has 1 aliphatic heterocycles. The van der Waals surface area contributed by atoms with Crippen molar-refractivity contribution in [3.05, 3.63) is 57.6 Å². The molecule has 194 valence electrons. The van der Waals surface area contributed by atoms with Crippen LogP contribution < -0.4 is 0 Å². The number of rotatable bonds is 5. The second-order valence-corrected chi connectivity index (χ2v) is 12.6. The number of fused-ring (bicyclic) bond motifs is 3. The average Bonchev–Trinajstić information content (AvgIpc) is 3.20. The fourth-order valence-electron chi connectivity index (χ4n) is 7.38. The summed E-state index contributed by atoms with van der Waals surface area (Å²) in [6, 6.07) is 9.24. The van der Waals surface area contributed by atoms with Crippen molar-refractivity contribution in [2.45, 2.75) is 104 Å². The first kappa shape index (κ1) is 25.5. The number of hydrogen-bond acceptors (Lipinski definition) is 3. The molecule has 4 nitrogen and oxygen atoms in total. The van der Waals surface area contributed by atoms with E-state index in [9.17, 15) is 9.90 Å². The smallest absolute Gasteiger partial charge is 0.337 e. The van der Waals surface area contributed by atoms with Crippen molar-refractivity contribution in [3.8, 4) is 11.1 Å². The number of benzene rings is 2. The summed E-state index contributed by atoms with van der Waals surface area (Å²) in [4.78, 5) is 15.4. The molecule has 0 amide bonds. The summed E-state index contributed by atoms with van der Waals surface area (Å²) in [5.74, 6) is 0.911. The maximum atomic E-state index is 12.6. The molecular weight excluding hydrogens is 446 g/mol. The van der Waals surface area contributed by atoms with Crippen LogP contribution in [0.4, 0.5) is 0 Å². The highest BCUT2D eigenvalue weighted by molar-refractivity contribution is 5.84. The maximum Gasteiger partial charge on any atom is 0.337 e. The molecule has 2 aromatic carbocycles. The summed E-state index contributed by atoms with van der Waals surface area (Å²) >= 11 is 0. The molecular formula is C32H43NO3. The van der Waals surface area contributed by atoms with Crippen LogP contribution in [-0.2, 0) is 22.5 Å².